The van der Waals surface area contributed by atoms with Crippen LogP contribution in [-0.2, 0) is 5.75 Å². The van der Waals surface area contributed by atoms with E-state index in [9.17, 15) is 9.59 Å². The number of thioether (sulfide) groups is 1. The molecule has 1 atom stereocenters. The minimum absolute atomic E-state index is 0.0213. The molecular formula is C22H22N4O2S. The van der Waals surface area contributed by atoms with E-state index in [2.05, 4.69) is 9.97 Å². The van der Waals surface area contributed by atoms with Crippen molar-refractivity contribution < 1.29 is 0 Å². The van der Waals surface area contributed by atoms with E-state index in [1.54, 1.807) is 10.6 Å². The molecule has 4 rings (SSSR count). The molecule has 29 heavy (non-hydrogen) atoms. The fourth-order valence-corrected chi connectivity index (χ4v) is 4.32. The molecule has 0 saturated carbocycles. The number of hydrogen-bond donors (Lipinski definition) is 1. The number of hydrogen-bond acceptors (Lipinski definition) is 5. The van der Waals surface area contributed by atoms with Gasteiger partial charge in [0.15, 0.2) is 5.16 Å². The summed E-state index contributed by atoms with van der Waals surface area (Å²) in [7, 11) is 0. The summed E-state index contributed by atoms with van der Waals surface area (Å²) in [6.45, 7) is 6.00. The summed E-state index contributed by atoms with van der Waals surface area (Å²) in [4.78, 5) is 37.7. The van der Waals surface area contributed by atoms with Gasteiger partial charge in [-0.15, -0.1) is 0 Å². The van der Waals surface area contributed by atoms with Gasteiger partial charge in [0.05, 0.1) is 27.6 Å². The molecule has 7 heteroatoms. The van der Waals surface area contributed by atoms with Crippen molar-refractivity contribution in [1.29, 1.82) is 0 Å². The van der Waals surface area contributed by atoms with Gasteiger partial charge in [-0.3, -0.25) is 14.2 Å². The lowest BCUT2D eigenvalue weighted by molar-refractivity contribution is 0.468. The maximum atomic E-state index is 13.1. The molecule has 4 aromatic rings. The van der Waals surface area contributed by atoms with E-state index < -0.39 is 0 Å². The molecule has 0 unspecified atom stereocenters. The molecule has 6 nitrogen and oxygen atoms in total. The third-order valence-corrected chi connectivity index (χ3v) is 6.10. The molecule has 0 radical (unpaired) electrons. The summed E-state index contributed by atoms with van der Waals surface area (Å²) < 4.78 is 1.75. The molecule has 0 saturated heterocycles. The zero-order chi connectivity index (χ0) is 20.5. The molecule has 0 aliphatic carbocycles. The lowest BCUT2D eigenvalue weighted by atomic mass is 10.1. The Morgan fingerprint density at radius 2 is 1.83 bits per heavy atom. The quantitative estimate of drug-likeness (QED) is 0.397. The number of aromatic nitrogens is 4. The van der Waals surface area contributed by atoms with Crippen molar-refractivity contribution in [3.63, 3.8) is 0 Å². The Morgan fingerprint density at radius 1 is 1.07 bits per heavy atom. The predicted octanol–water partition coefficient (Wildman–Crippen LogP) is 4.20. The van der Waals surface area contributed by atoms with Gasteiger partial charge in [-0.1, -0.05) is 43.0 Å². The van der Waals surface area contributed by atoms with Crippen molar-refractivity contribution >= 4 is 33.6 Å². The second-order valence-corrected chi connectivity index (χ2v) is 8.06. The van der Waals surface area contributed by atoms with E-state index >= 15 is 0 Å². The van der Waals surface area contributed by atoms with Gasteiger partial charge in [-0.25, -0.2) is 9.97 Å². The summed E-state index contributed by atoms with van der Waals surface area (Å²) in [5.74, 6) is 0.987. The monoisotopic (exact) mass is 406 g/mol. The third-order valence-electron chi connectivity index (χ3n) is 5.13. The van der Waals surface area contributed by atoms with E-state index in [0.29, 0.717) is 38.5 Å². The standard InChI is InChI=1S/C22H22N4O2S/c1-4-14(3)26-21(28)15-9-5-6-11-17(15)23-22(26)29-12-18-24-19-13(2)8-7-10-16(19)20(27)25-18/h5-11,14H,4,12H2,1-3H3,(H,24,25,27)/t14-/m1/s1. The Balaban J connectivity index is 1.77. The first-order valence-electron chi connectivity index (χ1n) is 9.62. The Kier molecular flexibility index (Phi) is 5.24. The first-order valence-corrected chi connectivity index (χ1v) is 10.6. The highest BCUT2D eigenvalue weighted by Crippen LogP contribution is 2.25. The SMILES string of the molecule is CC[C@@H](C)n1c(SCc2nc3c(C)cccc3c(=O)[nH]2)nc2ccccc2c1=O. The van der Waals surface area contributed by atoms with Crippen LogP contribution in [0, 0.1) is 6.92 Å². The summed E-state index contributed by atoms with van der Waals surface area (Å²) in [5.41, 5.74) is 2.15. The van der Waals surface area contributed by atoms with Crippen molar-refractivity contribution in [2.24, 2.45) is 0 Å². The summed E-state index contributed by atoms with van der Waals surface area (Å²) in [5, 5.41) is 1.83. The molecule has 1 N–H and O–H groups in total. The zero-order valence-corrected chi connectivity index (χ0v) is 17.4. The van der Waals surface area contributed by atoms with Gasteiger partial charge in [-0.2, -0.15) is 0 Å². The number of aromatic amines is 1. The normalized spacial score (nSPS) is 12.5. The molecule has 0 amide bonds. The second kappa shape index (κ2) is 7.83. The molecular weight excluding hydrogens is 384 g/mol. The Bertz CT molecular complexity index is 1330. The zero-order valence-electron chi connectivity index (χ0n) is 16.6. The molecule has 0 aliphatic heterocycles. The van der Waals surface area contributed by atoms with Crippen molar-refractivity contribution in [1.82, 2.24) is 19.5 Å². The van der Waals surface area contributed by atoms with Crippen molar-refractivity contribution in [2.75, 3.05) is 0 Å². The van der Waals surface area contributed by atoms with Gasteiger partial charge in [-0.05, 0) is 44.0 Å². The van der Waals surface area contributed by atoms with Gasteiger partial charge < -0.3 is 4.98 Å². The topological polar surface area (TPSA) is 80.6 Å². The Hall–Kier alpha value is -2.93. The number of nitrogens with one attached hydrogen (secondary N) is 1. The first-order chi connectivity index (χ1) is 14.0. The van der Waals surface area contributed by atoms with Crippen LogP contribution >= 0.6 is 11.8 Å². The molecule has 148 valence electrons. The van der Waals surface area contributed by atoms with Crippen LogP contribution < -0.4 is 11.1 Å². The minimum Gasteiger partial charge on any atom is -0.309 e. The number of H-pyrrole nitrogens is 1. The number of para-hydroxylation sites is 2. The number of aryl methyl sites for hydroxylation is 1. The predicted molar refractivity (Wildman–Crippen MR) is 118 cm³/mol. The van der Waals surface area contributed by atoms with E-state index in [-0.39, 0.29) is 17.2 Å². The molecule has 0 fully saturated rings. The smallest absolute Gasteiger partial charge is 0.262 e. The van der Waals surface area contributed by atoms with E-state index in [1.807, 2.05) is 57.2 Å². The second-order valence-electron chi connectivity index (χ2n) is 7.12. The highest BCUT2D eigenvalue weighted by Gasteiger charge is 2.16. The van der Waals surface area contributed by atoms with Gasteiger partial charge in [0.25, 0.3) is 11.1 Å². The van der Waals surface area contributed by atoms with Gasteiger partial charge in [0.2, 0.25) is 0 Å². The molecule has 2 aromatic carbocycles. The number of nitrogens with zero attached hydrogens (tertiary/aromatic N) is 3. The molecule has 0 aliphatic rings. The fraction of sp³-hybridized carbons (Fsp3) is 0.273. The Morgan fingerprint density at radius 3 is 2.62 bits per heavy atom. The van der Waals surface area contributed by atoms with Gasteiger partial charge in [0, 0.05) is 6.04 Å². The highest BCUT2D eigenvalue weighted by molar-refractivity contribution is 7.98. The van der Waals surface area contributed by atoms with Crippen LogP contribution in [0.2, 0.25) is 0 Å². The lowest BCUT2D eigenvalue weighted by Gasteiger charge is -2.18. The van der Waals surface area contributed by atoms with Gasteiger partial charge in [0.1, 0.15) is 5.82 Å². The van der Waals surface area contributed by atoms with Crippen LogP contribution in [0.25, 0.3) is 21.8 Å². The van der Waals surface area contributed by atoms with Crippen molar-refractivity contribution in [3.05, 3.63) is 74.6 Å². The van der Waals surface area contributed by atoms with Crippen LogP contribution in [0.3, 0.4) is 0 Å². The highest BCUT2D eigenvalue weighted by atomic mass is 32.2. The average molecular weight is 407 g/mol. The first kappa shape index (κ1) is 19.4. The molecule has 2 heterocycles. The summed E-state index contributed by atoms with van der Waals surface area (Å²) >= 11 is 1.42. The maximum absolute atomic E-state index is 13.1. The van der Waals surface area contributed by atoms with Crippen molar-refractivity contribution in [3.8, 4) is 0 Å². The van der Waals surface area contributed by atoms with E-state index in [4.69, 9.17) is 4.98 Å². The largest absolute Gasteiger partial charge is 0.309 e. The molecule has 0 bridgehead atoms. The average Bonchev–Trinajstić information content (AvgIpc) is 2.72. The van der Waals surface area contributed by atoms with Crippen LogP contribution in [0.5, 0.6) is 0 Å². The molecule has 0 spiro atoms. The molecule has 2 aromatic heterocycles. The summed E-state index contributed by atoms with van der Waals surface area (Å²) in [6, 6.07) is 13.0. The van der Waals surface area contributed by atoms with Crippen LogP contribution in [0.1, 0.15) is 37.7 Å². The van der Waals surface area contributed by atoms with Crippen LogP contribution in [0.15, 0.2) is 57.2 Å². The van der Waals surface area contributed by atoms with E-state index in [1.165, 1.54) is 11.8 Å². The minimum atomic E-state index is -0.153. The fourth-order valence-electron chi connectivity index (χ4n) is 3.35. The van der Waals surface area contributed by atoms with Crippen LogP contribution in [0.4, 0.5) is 0 Å². The number of fused-ring (bicyclic) bond motifs is 2. The van der Waals surface area contributed by atoms with Crippen LogP contribution in [-0.4, -0.2) is 19.5 Å². The maximum Gasteiger partial charge on any atom is 0.262 e. The van der Waals surface area contributed by atoms with Crippen molar-refractivity contribution in [2.45, 2.75) is 44.1 Å². The van der Waals surface area contributed by atoms with E-state index in [0.717, 1.165) is 12.0 Å². The lowest BCUT2D eigenvalue weighted by Crippen LogP contribution is -2.26. The number of rotatable bonds is 5. The summed E-state index contributed by atoms with van der Waals surface area (Å²) in [6.07, 6.45) is 0.817. The third kappa shape index (κ3) is 3.58. The van der Waals surface area contributed by atoms with Gasteiger partial charge >= 0.3 is 0 Å². The number of benzene rings is 2. The Labute approximate surface area is 172 Å².